The Hall–Kier alpha value is -1.35. The number of hydrogen-bond donors (Lipinski definition) is 2. The van der Waals surface area contributed by atoms with Gasteiger partial charge in [0.1, 0.15) is 0 Å². The van der Waals surface area contributed by atoms with Crippen LogP contribution in [-0.2, 0) is 4.79 Å². The molecular formula is C11H14N2O. The Morgan fingerprint density at radius 2 is 2.00 bits per heavy atom. The molecule has 1 aromatic carbocycles. The third-order valence-electron chi connectivity index (χ3n) is 2.41. The van der Waals surface area contributed by atoms with Gasteiger partial charge in [0, 0.05) is 19.5 Å². The van der Waals surface area contributed by atoms with Gasteiger partial charge in [0.25, 0.3) is 0 Å². The van der Waals surface area contributed by atoms with Gasteiger partial charge >= 0.3 is 0 Å². The molecule has 1 aliphatic rings. The largest absolute Gasteiger partial charge is 0.348 e. The molecule has 1 heterocycles. The average molecular weight is 190 g/mol. The van der Waals surface area contributed by atoms with Crippen LogP contribution in [0.3, 0.4) is 0 Å². The highest BCUT2D eigenvalue weighted by Gasteiger charge is 2.16. The number of carbonyl (C=O) groups is 1. The lowest BCUT2D eigenvalue weighted by Crippen LogP contribution is -2.30. The summed E-state index contributed by atoms with van der Waals surface area (Å²) in [5, 5.41) is 6.24. The molecule has 1 amide bonds. The molecule has 0 aliphatic carbocycles. The smallest absolute Gasteiger partial charge is 0.221 e. The monoisotopic (exact) mass is 190 g/mol. The molecule has 1 saturated heterocycles. The fraction of sp³-hybridized carbons (Fsp3) is 0.364. The molecule has 0 spiro atoms. The minimum Gasteiger partial charge on any atom is -0.348 e. The zero-order valence-corrected chi connectivity index (χ0v) is 7.99. The first-order valence-electron chi connectivity index (χ1n) is 4.91. The van der Waals surface area contributed by atoms with Crippen LogP contribution in [0.5, 0.6) is 0 Å². The number of carbonyl (C=O) groups excluding carboxylic acids is 1. The molecule has 3 heteroatoms. The van der Waals surface area contributed by atoms with Gasteiger partial charge < -0.3 is 10.6 Å². The van der Waals surface area contributed by atoms with Crippen LogP contribution in [0.4, 0.5) is 0 Å². The zero-order chi connectivity index (χ0) is 9.80. The summed E-state index contributed by atoms with van der Waals surface area (Å²) in [6.45, 7) is 1.59. The third-order valence-corrected chi connectivity index (χ3v) is 2.41. The second-order valence-electron chi connectivity index (χ2n) is 3.48. The molecule has 0 radical (unpaired) electrons. The lowest BCUT2D eigenvalue weighted by molar-refractivity contribution is -0.121. The highest BCUT2D eigenvalue weighted by atomic mass is 16.1. The van der Waals surface area contributed by atoms with Crippen molar-refractivity contribution in [3.63, 3.8) is 0 Å². The summed E-state index contributed by atoms with van der Waals surface area (Å²) in [6, 6.07) is 10.2. The van der Waals surface area contributed by atoms with E-state index in [-0.39, 0.29) is 11.9 Å². The summed E-state index contributed by atoms with van der Waals surface area (Å²) in [5.74, 6) is 0.129. The summed E-state index contributed by atoms with van der Waals surface area (Å²) < 4.78 is 0. The van der Waals surface area contributed by atoms with E-state index in [4.69, 9.17) is 0 Å². The van der Waals surface area contributed by atoms with Gasteiger partial charge in [-0.25, -0.2) is 0 Å². The van der Waals surface area contributed by atoms with Crippen LogP contribution < -0.4 is 10.6 Å². The number of benzene rings is 1. The van der Waals surface area contributed by atoms with E-state index >= 15 is 0 Å². The van der Waals surface area contributed by atoms with Gasteiger partial charge in [-0.05, 0) is 5.56 Å². The molecule has 1 atom stereocenters. The van der Waals surface area contributed by atoms with Crippen LogP contribution in [0.1, 0.15) is 18.0 Å². The Labute approximate surface area is 83.5 Å². The molecule has 74 valence electrons. The van der Waals surface area contributed by atoms with E-state index in [0.29, 0.717) is 6.42 Å². The molecule has 3 nitrogen and oxygen atoms in total. The Balaban J connectivity index is 2.13. The zero-order valence-electron chi connectivity index (χ0n) is 7.99. The molecule has 1 aliphatic heterocycles. The van der Waals surface area contributed by atoms with E-state index in [2.05, 4.69) is 10.6 Å². The minimum absolute atomic E-state index is 0.117. The van der Waals surface area contributed by atoms with Gasteiger partial charge in [-0.2, -0.15) is 0 Å². The fourth-order valence-electron chi connectivity index (χ4n) is 1.65. The second-order valence-corrected chi connectivity index (χ2v) is 3.48. The molecule has 2 N–H and O–H groups in total. The van der Waals surface area contributed by atoms with Gasteiger partial charge in [-0.15, -0.1) is 0 Å². The molecular weight excluding hydrogens is 176 g/mol. The predicted molar refractivity (Wildman–Crippen MR) is 54.8 cm³/mol. The maximum absolute atomic E-state index is 11.3. The van der Waals surface area contributed by atoms with E-state index < -0.39 is 0 Å². The number of hydrogen-bond acceptors (Lipinski definition) is 2. The van der Waals surface area contributed by atoms with Gasteiger partial charge in [0.2, 0.25) is 5.91 Å². The first-order chi connectivity index (χ1) is 6.86. The van der Waals surface area contributed by atoms with Crippen molar-refractivity contribution in [2.24, 2.45) is 0 Å². The minimum atomic E-state index is 0.117. The Bertz CT molecular complexity index is 310. The standard InChI is InChI=1S/C11H14N2O/c14-11-6-7-12-8-10(13-11)9-4-2-1-3-5-9/h1-5,10,12H,6-8H2,(H,13,14). The summed E-state index contributed by atoms with van der Waals surface area (Å²) in [7, 11) is 0. The molecule has 1 aromatic rings. The molecule has 14 heavy (non-hydrogen) atoms. The van der Waals surface area contributed by atoms with Crippen LogP contribution >= 0.6 is 0 Å². The molecule has 1 fully saturated rings. The molecule has 2 rings (SSSR count). The molecule has 0 bridgehead atoms. The van der Waals surface area contributed by atoms with Crippen LogP contribution in [0, 0.1) is 0 Å². The number of nitrogens with one attached hydrogen (secondary N) is 2. The van der Waals surface area contributed by atoms with E-state index in [9.17, 15) is 4.79 Å². The Morgan fingerprint density at radius 1 is 1.21 bits per heavy atom. The fourth-order valence-corrected chi connectivity index (χ4v) is 1.65. The van der Waals surface area contributed by atoms with Crippen molar-refractivity contribution in [2.45, 2.75) is 12.5 Å². The van der Waals surface area contributed by atoms with Crippen LogP contribution in [0.25, 0.3) is 0 Å². The van der Waals surface area contributed by atoms with Gasteiger partial charge in [-0.1, -0.05) is 30.3 Å². The van der Waals surface area contributed by atoms with Crippen molar-refractivity contribution in [3.8, 4) is 0 Å². The van der Waals surface area contributed by atoms with Crippen LogP contribution in [0.15, 0.2) is 30.3 Å². The highest BCUT2D eigenvalue weighted by Crippen LogP contribution is 2.12. The lowest BCUT2D eigenvalue weighted by atomic mass is 10.1. The van der Waals surface area contributed by atoms with E-state index in [0.717, 1.165) is 18.7 Å². The maximum Gasteiger partial charge on any atom is 0.221 e. The van der Waals surface area contributed by atoms with Crippen molar-refractivity contribution in [2.75, 3.05) is 13.1 Å². The molecule has 0 saturated carbocycles. The summed E-state index contributed by atoms with van der Waals surface area (Å²) >= 11 is 0. The maximum atomic E-state index is 11.3. The third kappa shape index (κ3) is 2.12. The van der Waals surface area contributed by atoms with E-state index in [1.807, 2.05) is 30.3 Å². The Kier molecular flexibility index (Phi) is 2.79. The SMILES string of the molecule is O=C1CCNCC(c2ccccc2)N1. The molecule has 1 unspecified atom stereocenters. The van der Waals surface area contributed by atoms with Crippen molar-refractivity contribution in [3.05, 3.63) is 35.9 Å². The summed E-state index contributed by atoms with van der Waals surface area (Å²) in [6.07, 6.45) is 0.573. The number of amides is 1. The van der Waals surface area contributed by atoms with Gasteiger partial charge in [-0.3, -0.25) is 4.79 Å². The van der Waals surface area contributed by atoms with Crippen LogP contribution in [-0.4, -0.2) is 19.0 Å². The number of rotatable bonds is 1. The highest BCUT2D eigenvalue weighted by molar-refractivity contribution is 5.77. The van der Waals surface area contributed by atoms with Crippen molar-refractivity contribution in [1.82, 2.24) is 10.6 Å². The van der Waals surface area contributed by atoms with Gasteiger partial charge in [0.15, 0.2) is 0 Å². The van der Waals surface area contributed by atoms with Gasteiger partial charge in [0.05, 0.1) is 6.04 Å². The summed E-state index contributed by atoms with van der Waals surface area (Å²) in [4.78, 5) is 11.3. The summed E-state index contributed by atoms with van der Waals surface area (Å²) in [5.41, 5.74) is 1.16. The molecule has 0 aromatic heterocycles. The topological polar surface area (TPSA) is 41.1 Å². The quantitative estimate of drug-likeness (QED) is 0.689. The van der Waals surface area contributed by atoms with E-state index in [1.165, 1.54) is 0 Å². The first kappa shape index (κ1) is 9.21. The van der Waals surface area contributed by atoms with E-state index in [1.54, 1.807) is 0 Å². The first-order valence-corrected chi connectivity index (χ1v) is 4.91. The lowest BCUT2D eigenvalue weighted by Gasteiger charge is -2.15. The van der Waals surface area contributed by atoms with Crippen LogP contribution in [0.2, 0.25) is 0 Å². The predicted octanol–water partition coefficient (Wildman–Crippen LogP) is 0.837. The van der Waals surface area contributed by atoms with Crippen molar-refractivity contribution >= 4 is 5.91 Å². The second kappa shape index (κ2) is 4.24. The average Bonchev–Trinajstić information content (AvgIpc) is 2.44. The van der Waals surface area contributed by atoms with Crippen molar-refractivity contribution < 1.29 is 4.79 Å². The Morgan fingerprint density at radius 3 is 2.79 bits per heavy atom. The van der Waals surface area contributed by atoms with Crippen molar-refractivity contribution in [1.29, 1.82) is 0 Å². The normalized spacial score (nSPS) is 22.6.